The maximum atomic E-state index is 10.6. The number of rotatable bonds is 5. The summed E-state index contributed by atoms with van der Waals surface area (Å²) in [6.45, 7) is 6.43. The number of nitrogens with one attached hydrogen (secondary N) is 1. The molecule has 3 heterocycles. The van der Waals surface area contributed by atoms with Gasteiger partial charge in [-0.2, -0.15) is 5.10 Å². The molecular weight excluding hydrogens is 524 g/mol. The van der Waals surface area contributed by atoms with E-state index in [2.05, 4.69) is 35.3 Å². The molecule has 0 spiro atoms. The number of ether oxygens (including phenoxy) is 1. The van der Waals surface area contributed by atoms with Crippen LogP contribution in [0.15, 0.2) is 107 Å². The third-order valence-electron chi connectivity index (χ3n) is 7.55. The highest BCUT2D eigenvalue weighted by atomic mass is 16.5. The molecule has 42 heavy (non-hydrogen) atoms. The van der Waals surface area contributed by atoms with Gasteiger partial charge in [-0.05, 0) is 74.9 Å². The Morgan fingerprint density at radius 1 is 0.881 bits per heavy atom. The zero-order chi connectivity index (χ0) is 28.8. The fraction of sp³-hybridized carbons (Fsp3) is 0.147. The summed E-state index contributed by atoms with van der Waals surface area (Å²) >= 11 is 0. The van der Waals surface area contributed by atoms with Crippen molar-refractivity contribution >= 4 is 34.6 Å². The highest BCUT2D eigenvalue weighted by molar-refractivity contribution is 6.51. The number of aromatic hydroxyl groups is 1. The molecule has 0 aliphatic carbocycles. The molecule has 1 atom stereocenters. The molecule has 208 valence electrons. The van der Waals surface area contributed by atoms with E-state index in [-0.39, 0.29) is 11.8 Å². The predicted octanol–water partition coefficient (Wildman–Crippen LogP) is 7.39. The molecule has 4 aromatic carbocycles. The van der Waals surface area contributed by atoms with Crippen molar-refractivity contribution in [1.29, 1.82) is 0 Å². The number of aromatic nitrogens is 2. The van der Waals surface area contributed by atoms with Crippen LogP contribution >= 0.6 is 0 Å². The predicted molar refractivity (Wildman–Crippen MR) is 167 cm³/mol. The Balaban J connectivity index is 1.49. The topological polar surface area (TPSA) is 87.3 Å². The molecule has 2 aliphatic rings. The number of hydrogen-bond donors (Lipinski definition) is 2. The van der Waals surface area contributed by atoms with Crippen LogP contribution in [0, 0.1) is 13.8 Å². The van der Waals surface area contributed by atoms with Crippen molar-refractivity contribution in [3.05, 3.63) is 119 Å². The van der Waals surface area contributed by atoms with Gasteiger partial charge in [0.15, 0.2) is 29.0 Å². The van der Waals surface area contributed by atoms with Crippen molar-refractivity contribution in [2.24, 2.45) is 9.98 Å². The molecule has 0 fully saturated rings. The number of hydrogen-bond acceptors (Lipinski definition) is 7. The number of phenols is 1. The van der Waals surface area contributed by atoms with Crippen molar-refractivity contribution in [3.8, 4) is 17.2 Å². The number of benzene rings is 4. The number of phenolic OH excluding ortho intramolecular Hbond substituents is 1. The summed E-state index contributed by atoms with van der Waals surface area (Å²) in [5.41, 5.74) is 7.54. The van der Waals surface area contributed by atoms with Gasteiger partial charge in [-0.25, -0.2) is 14.7 Å². The minimum Gasteiger partial charge on any atom is -0.504 e. The van der Waals surface area contributed by atoms with Crippen LogP contribution in [0.5, 0.6) is 11.5 Å². The molecule has 8 heteroatoms. The molecule has 1 aromatic heterocycles. The van der Waals surface area contributed by atoms with Gasteiger partial charge in [0.2, 0.25) is 0 Å². The van der Waals surface area contributed by atoms with Crippen LogP contribution in [0.3, 0.4) is 0 Å². The largest absolute Gasteiger partial charge is 0.504 e. The van der Waals surface area contributed by atoms with Crippen molar-refractivity contribution in [2.75, 3.05) is 16.8 Å². The molecule has 7 rings (SSSR count). The third-order valence-corrected chi connectivity index (χ3v) is 7.55. The third kappa shape index (κ3) is 4.28. The van der Waals surface area contributed by atoms with Crippen molar-refractivity contribution < 1.29 is 9.84 Å². The van der Waals surface area contributed by atoms with Crippen molar-refractivity contribution in [1.82, 2.24) is 9.78 Å². The van der Waals surface area contributed by atoms with Gasteiger partial charge in [0.05, 0.1) is 35.4 Å². The molecule has 0 amide bonds. The van der Waals surface area contributed by atoms with Gasteiger partial charge in [-0.3, -0.25) is 0 Å². The molecular formula is C34H30N6O2. The lowest BCUT2D eigenvalue weighted by molar-refractivity contribution is 0.317. The van der Waals surface area contributed by atoms with Crippen LogP contribution in [0.4, 0.5) is 22.9 Å². The van der Waals surface area contributed by atoms with Gasteiger partial charge >= 0.3 is 0 Å². The summed E-state index contributed by atoms with van der Waals surface area (Å²) in [5, 5.41) is 19.1. The zero-order valence-electron chi connectivity index (χ0n) is 23.6. The Hall–Kier alpha value is -5.37. The van der Waals surface area contributed by atoms with Crippen LogP contribution < -0.4 is 15.0 Å². The standard InChI is InChI=1S/C34H30N6O2/c1-4-42-29-20-23(16-19-28(29)41)31-30-22(3)38-40(25-10-6-5-7-11-25)33(30)37-34-32(35-24-17-14-21(2)15-18-24)36-26-12-8-9-13-27(26)39(31)34/h5-20,31,41H,4H2,1-3H3,(H,35,36)/t31-/m1/s1. The Bertz CT molecular complexity index is 1860. The second kappa shape index (κ2) is 10.2. The molecule has 0 bridgehead atoms. The quantitative estimate of drug-likeness (QED) is 0.237. The van der Waals surface area contributed by atoms with Crippen LogP contribution in [0.1, 0.15) is 35.3 Å². The lowest BCUT2D eigenvalue weighted by atomic mass is 9.93. The van der Waals surface area contributed by atoms with E-state index in [1.807, 2.05) is 91.3 Å². The number of para-hydroxylation sites is 3. The highest BCUT2D eigenvalue weighted by Gasteiger charge is 2.41. The van der Waals surface area contributed by atoms with Crippen LogP contribution in [0.2, 0.25) is 0 Å². The number of aliphatic imine (C=N–C) groups is 2. The summed E-state index contributed by atoms with van der Waals surface area (Å²) in [6.07, 6.45) is 0. The Kier molecular flexibility index (Phi) is 6.23. The van der Waals surface area contributed by atoms with E-state index < -0.39 is 0 Å². The van der Waals surface area contributed by atoms with Crippen LogP contribution in [-0.4, -0.2) is 33.2 Å². The Labute approximate surface area is 244 Å². The van der Waals surface area contributed by atoms with Gasteiger partial charge in [-0.15, -0.1) is 0 Å². The van der Waals surface area contributed by atoms with Gasteiger partial charge < -0.3 is 20.1 Å². The first-order chi connectivity index (χ1) is 20.5. The van der Waals surface area contributed by atoms with Crippen molar-refractivity contribution in [3.63, 3.8) is 0 Å². The molecule has 8 nitrogen and oxygen atoms in total. The maximum absolute atomic E-state index is 10.6. The monoisotopic (exact) mass is 554 g/mol. The smallest absolute Gasteiger partial charge is 0.179 e. The zero-order valence-corrected chi connectivity index (χ0v) is 23.6. The summed E-state index contributed by atoms with van der Waals surface area (Å²) in [6, 6.07) is 31.6. The summed E-state index contributed by atoms with van der Waals surface area (Å²) in [7, 11) is 0. The molecule has 2 aliphatic heterocycles. The Morgan fingerprint density at radius 2 is 1.64 bits per heavy atom. The van der Waals surface area contributed by atoms with E-state index in [9.17, 15) is 5.11 Å². The first-order valence-corrected chi connectivity index (χ1v) is 14.0. The summed E-state index contributed by atoms with van der Waals surface area (Å²) in [5.74, 6) is 2.58. The van der Waals surface area contributed by atoms with Gasteiger partial charge in [0.1, 0.15) is 0 Å². The van der Waals surface area contributed by atoms with E-state index in [4.69, 9.17) is 19.8 Å². The van der Waals surface area contributed by atoms with Crippen LogP contribution in [0.25, 0.3) is 5.69 Å². The first kappa shape index (κ1) is 25.6. The average Bonchev–Trinajstić information content (AvgIpc) is 3.35. The van der Waals surface area contributed by atoms with Crippen LogP contribution in [-0.2, 0) is 0 Å². The SMILES string of the molecule is CCOc1cc([C@@H]2c3c(C)nn(-c4ccccc4)c3N=C3C(Nc4ccc(C)cc4)=Nc4ccccc4N32)ccc1O. The van der Waals surface area contributed by atoms with E-state index in [1.165, 1.54) is 5.56 Å². The van der Waals surface area contributed by atoms with Crippen molar-refractivity contribution in [2.45, 2.75) is 26.8 Å². The molecule has 2 N–H and O–H groups in total. The summed E-state index contributed by atoms with van der Waals surface area (Å²) in [4.78, 5) is 12.6. The molecule has 5 aromatic rings. The number of amidine groups is 2. The second-order valence-electron chi connectivity index (χ2n) is 10.4. The van der Waals surface area contributed by atoms with E-state index in [0.717, 1.165) is 45.4 Å². The fourth-order valence-electron chi connectivity index (χ4n) is 5.61. The molecule has 0 radical (unpaired) electrons. The lowest BCUT2D eigenvalue weighted by Crippen LogP contribution is -2.46. The number of aryl methyl sites for hydroxylation is 2. The number of anilines is 2. The molecule has 0 saturated carbocycles. The molecule has 0 unspecified atom stereocenters. The average molecular weight is 555 g/mol. The van der Waals surface area contributed by atoms with Gasteiger partial charge in [0, 0.05) is 11.3 Å². The first-order valence-electron chi connectivity index (χ1n) is 14.0. The van der Waals surface area contributed by atoms with E-state index in [0.29, 0.717) is 24.0 Å². The second-order valence-corrected chi connectivity index (χ2v) is 10.4. The lowest BCUT2D eigenvalue weighted by Gasteiger charge is -2.40. The number of fused-ring (bicyclic) bond motifs is 4. The van der Waals surface area contributed by atoms with Gasteiger partial charge in [-0.1, -0.05) is 54.1 Å². The minimum atomic E-state index is -0.323. The van der Waals surface area contributed by atoms with E-state index in [1.54, 1.807) is 6.07 Å². The maximum Gasteiger partial charge on any atom is 0.179 e. The fourth-order valence-corrected chi connectivity index (χ4v) is 5.61. The van der Waals surface area contributed by atoms with Gasteiger partial charge in [0.25, 0.3) is 0 Å². The number of nitrogens with zero attached hydrogens (tertiary/aromatic N) is 5. The Morgan fingerprint density at radius 3 is 2.43 bits per heavy atom. The minimum absolute atomic E-state index is 0.101. The summed E-state index contributed by atoms with van der Waals surface area (Å²) < 4.78 is 7.72. The normalized spacial score (nSPS) is 15.2. The van der Waals surface area contributed by atoms with E-state index >= 15 is 0 Å². The highest BCUT2D eigenvalue weighted by Crippen LogP contribution is 2.49. The molecule has 0 saturated heterocycles.